The van der Waals surface area contributed by atoms with E-state index in [9.17, 15) is 9.59 Å². The molecule has 0 atom stereocenters. The first-order valence-electron chi connectivity index (χ1n) is 6.34. The van der Waals surface area contributed by atoms with Crippen LogP contribution in [0.2, 0.25) is 0 Å². The van der Waals surface area contributed by atoms with E-state index in [1.807, 2.05) is 12.1 Å². The molecule has 0 aliphatic heterocycles. The zero-order chi connectivity index (χ0) is 15.1. The Balaban J connectivity index is 1.77. The zero-order valence-corrected chi connectivity index (χ0v) is 12.8. The minimum absolute atomic E-state index is 0.0639. The Morgan fingerprint density at radius 3 is 2.71 bits per heavy atom. The van der Waals surface area contributed by atoms with Gasteiger partial charge in [-0.2, -0.15) is 0 Å². The number of hydrogen-bond donors (Lipinski definition) is 2. The van der Waals surface area contributed by atoms with Crippen LogP contribution < -0.4 is 10.6 Å². The van der Waals surface area contributed by atoms with E-state index >= 15 is 0 Å². The van der Waals surface area contributed by atoms with Gasteiger partial charge < -0.3 is 10.6 Å². The number of benzene rings is 1. The summed E-state index contributed by atoms with van der Waals surface area (Å²) in [5.74, 6) is -0.532. The number of hydrogen-bond acceptors (Lipinski definition) is 3. The van der Waals surface area contributed by atoms with E-state index in [0.29, 0.717) is 12.1 Å². The summed E-state index contributed by atoms with van der Waals surface area (Å²) in [6.45, 7) is 0.324. The van der Waals surface area contributed by atoms with Gasteiger partial charge in [0, 0.05) is 29.0 Å². The van der Waals surface area contributed by atoms with Crippen LogP contribution in [0.5, 0.6) is 0 Å². The molecule has 2 amide bonds. The fraction of sp³-hybridized carbons (Fsp3) is 0.133. The quantitative estimate of drug-likeness (QED) is 0.867. The van der Waals surface area contributed by atoms with Crippen LogP contribution >= 0.6 is 15.9 Å². The molecule has 21 heavy (non-hydrogen) atoms. The van der Waals surface area contributed by atoms with E-state index in [0.717, 1.165) is 10.0 Å². The van der Waals surface area contributed by atoms with Crippen LogP contribution in [0.25, 0.3) is 0 Å². The van der Waals surface area contributed by atoms with Crippen molar-refractivity contribution in [1.29, 1.82) is 0 Å². The number of pyridine rings is 1. The highest BCUT2D eigenvalue weighted by atomic mass is 79.9. The smallest absolute Gasteiger partial charge is 0.251 e. The SMILES string of the molecule is O=C(CNC(=O)c1cccc(Br)c1)NCc1cccnc1. The Hall–Kier alpha value is -2.21. The Bertz CT molecular complexity index is 632. The van der Waals surface area contributed by atoms with Crippen molar-refractivity contribution in [2.24, 2.45) is 0 Å². The Kier molecular flexibility index (Phi) is 5.45. The van der Waals surface area contributed by atoms with Crippen molar-refractivity contribution in [2.75, 3.05) is 6.54 Å². The number of nitrogens with zero attached hydrogens (tertiary/aromatic N) is 1. The Morgan fingerprint density at radius 2 is 2.00 bits per heavy atom. The van der Waals surface area contributed by atoms with E-state index in [2.05, 4.69) is 31.5 Å². The van der Waals surface area contributed by atoms with E-state index in [1.54, 1.807) is 36.7 Å². The first kappa shape index (κ1) is 15.2. The number of carbonyl (C=O) groups excluding carboxylic acids is 2. The monoisotopic (exact) mass is 347 g/mol. The maximum atomic E-state index is 11.9. The molecule has 0 aliphatic rings. The van der Waals surface area contributed by atoms with Gasteiger partial charge in [0.25, 0.3) is 5.91 Å². The summed E-state index contributed by atoms with van der Waals surface area (Å²) < 4.78 is 0.816. The summed E-state index contributed by atoms with van der Waals surface area (Å²) in [7, 11) is 0. The number of halogens is 1. The fourth-order valence-corrected chi connectivity index (χ4v) is 2.06. The summed E-state index contributed by atoms with van der Waals surface area (Å²) in [5.41, 5.74) is 1.41. The predicted octanol–water partition coefficient (Wildman–Crippen LogP) is 1.89. The lowest BCUT2D eigenvalue weighted by Gasteiger charge is -2.07. The molecule has 0 aliphatic carbocycles. The summed E-state index contributed by atoms with van der Waals surface area (Å²) in [6, 6.07) is 10.7. The van der Waals surface area contributed by atoms with Crippen molar-refractivity contribution in [3.8, 4) is 0 Å². The van der Waals surface area contributed by atoms with E-state index in [1.165, 1.54) is 0 Å². The molecule has 0 spiro atoms. The highest BCUT2D eigenvalue weighted by molar-refractivity contribution is 9.10. The average Bonchev–Trinajstić information content (AvgIpc) is 2.51. The van der Waals surface area contributed by atoms with Gasteiger partial charge in [-0.1, -0.05) is 28.1 Å². The van der Waals surface area contributed by atoms with E-state index in [-0.39, 0.29) is 18.4 Å². The summed E-state index contributed by atoms with van der Waals surface area (Å²) in [5, 5.41) is 5.29. The van der Waals surface area contributed by atoms with Crippen molar-refractivity contribution in [3.05, 3.63) is 64.4 Å². The van der Waals surface area contributed by atoms with Crippen LogP contribution in [0.1, 0.15) is 15.9 Å². The first-order chi connectivity index (χ1) is 10.1. The summed E-state index contributed by atoms with van der Waals surface area (Å²) in [4.78, 5) is 27.5. The van der Waals surface area contributed by atoms with Crippen LogP contribution in [-0.2, 0) is 11.3 Å². The Morgan fingerprint density at radius 1 is 1.14 bits per heavy atom. The molecule has 6 heteroatoms. The molecule has 2 rings (SSSR count). The normalized spacial score (nSPS) is 9.95. The molecule has 5 nitrogen and oxygen atoms in total. The van der Waals surface area contributed by atoms with Gasteiger partial charge in [-0.15, -0.1) is 0 Å². The molecular weight excluding hydrogens is 334 g/mol. The second-order valence-electron chi connectivity index (χ2n) is 4.33. The van der Waals surface area contributed by atoms with Crippen LogP contribution in [0.15, 0.2) is 53.3 Å². The van der Waals surface area contributed by atoms with Crippen LogP contribution in [-0.4, -0.2) is 23.3 Å². The lowest BCUT2D eigenvalue weighted by molar-refractivity contribution is -0.120. The molecule has 0 saturated heterocycles. The van der Waals surface area contributed by atoms with Crippen LogP contribution in [0, 0.1) is 0 Å². The number of rotatable bonds is 5. The maximum Gasteiger partial charge on any atom is 0.251 e. The molecule has 0 radical (unpaired) electrons. The van der Waals surface area contributed by atoms with Gasteiger partial charge in [0.15, 0.2) is 0 Å². The first-order valence-corrected chi connectivity index (χ1v) is 7.14. The van der Waals surface area contributed by atoms with E-state index in [4.69, 9.17) is 0 Å². The van der Waals surface area contributed by atoms with Crippen molar-refractivity contribution in [2.45, 2.75) is 6.54 Å². The number of amides is 2. The minimum atomic E-state index is -0.284. The third kappa shape index (κ3) is 5.00. The molecule has 108 valence electrons. The van der Waals surface area contributed by atoms with Gasteiger partial charge in [-0.25, -0.2) is 0 Å². The second-order valence-corrected chi connectivity index (χ2v) is 5.25. The molecule has 1 heterocycles. The highest BCUT2D eigenvalue weighted by Gasteiger charge is 2.08. The van der Waals surface area contributed by atoms with Crippen molar-refractivity contribution < 1.29 is 9.59 Å². The van der Waals surface area contributed by atoms with Gasteiger partial charge >= 0.3 is 0 Å². The van der Waals surface area contributed by atoms with Gasteiger partial charge in [-0.3, -0.25) is 14.6 Å². The van der Waals surface area contributed by atoms with Crippen LogP contribution in [0.4, 0.5) is 0 Å². The molecule has 0 saturated carbocycles. The molecule has 0 fully saturated rings. The minimum Gasteiger partial charge on any atom is -0.350 e. The van der Waals surface area contributed by atoms with Gasteiger partial charge in [0.05, 0.1) is 6.54 Å². The molecule has 2 N–H and O–H groups in total. The van der Waals surface area contributed by atoms with Crippen molar-refractivity contribution >= 4 is 27.7 Å². The van der Waals surface area contributed by atoms with Crippen molar-refractivity contribution in [3.63, 3.8) is 0 Å². The lowest BCUT2D eigenvalue weighted by Crippen LogP contribution is -2.36. The second kappa shape index (κ2) is 7.54. The topological polar surface area (TPSA) is 71.1 Å². The highest BCUT2D eigenvalue weighted by Crippen LogP contribution is 2.11. The standard InChI is InChI=1S/C15H14BrN3O2/c16-13-5-1-4-12(7-13)15(21)19-10-14(20)18-9-11-3-2-6-17-8-11/h1-8H,9-10H2,(H,18,20)(H,19,21). The molecule has 2 aromatic rings. The molecule has 0 unspecified atom stereocenters. The van der Waals surface area contributed by atoms with Gasteiger partial charge in [0.2, 0.25) is 5.91 Å². The van der Waals surface area contributed by atoms with E-state index < -0.39 is 0 Å². The Labute approximate surface area is 130 Å². The molecule has 0 bridgehead atoms. The molecule has 1 aromatic heterocycles. The van der Waals surface area contributed by atoms with Gasteiger partial charge in [-0.05, 0) is 29.8 Å². The fourth-order valence-electron chi connectivity index (χ4n) is 1.66. The summed E-state index contributed by atoms with van der Waals surface area (Å²) >= 11 is 3.30. The van der Waals surface area contributed by atoms with Crippen LogP contribution in [0.3, 0.4) is 0 Å². The predicted molar refractivity (Wildman–Crippen MR) is 82.6 cm³/mol. The number of aromatic nitrogens is 1. The number of carbonyl (C=O) groups is 2. The lowest BCUT2D eigenvalue weighted by atomic mass is 10.2. The molecular formula is C15H14BrN3O2. The van der Waals surface area contributed by atoms with Gasteiger partial charge in [0.1, 0.15) is 0 Å². The largest absolute Gasteiger partial charge is 0.350 e. The zero-order valence-electron chi connectivity index (χ0n) is 11.2. The third-order valence-corrected chi connectivity index (χ3v) is 3.20. The third-order valence-electron chi connectivity index (χ3n) is 2.71. The average molecular weight is 348 g/mol. The van der Waals surface area contributed by atoms with Crippen molar-refractivity contribution in [1.82, 2.24) is 15.6 Å². The summed E-state index contributed by atoms with van der Waals surface area (Å²) in [6.07, 6.45) is 3.35. The molecule has 1 aromatic carbocycles. The maximum absolute atomic E-state index is 11.9. The number of nitrogens with one attached hydrogen (secondary N) is 2.